The highest BCUT2D eigenvalue weighted by atomic mass is 16.5. The minimum atomic E-state index is -0.815. The molecule has 1 rings (SSSR count). The summed E-state index contributed by atoms with van der Waals surface area (Å²) in [5.41, 5.74) is 0. The molecule has 1 N–H and O–H groups in total. The van der Waals surface area contributed by atoms with Gasteiger partial charge in [-0.25, -0.2) is 4.79 Å². The van der Waals surface area contributed by atoms with Crippen LogP contribution in [-0.4, -0.2) is 24.9 Å². The first kappa shape index (κ1) is 6.80. The van der Waals surface area contributed by atoms with Crippen LogP contribution in [0.5, 0.6) is 0 Å². The molecule has 0 aliphatic carbocycles. The summed E-state index contributed by atoms with van der Waals surface area (Å²) in [5.74, 6) is -0.804. The lowest BCUT2D eigenvalue weighted by Crippen LogP contribution is -2.36. The Bertz CT molecular complexity index is 197. The molecule has 1 unspecified atom stereocenters. The summed E-state index contributed by atoms with van der Waals surface area (Å²) in [6.07, 6.45) is 2.74. The first-order valence-electron chi connectivity index (χ1n) is 2.80. The molecule has 0 bridgehead atoms. The number of hydrogen-bond donors (Lipinski definition) is 1. The second-order valence-corrected chi connectivity index (χ2v) is 1.86. The standard InChI is InChI=1S/C6H7NO3/c1-10-6(9)5-4(8)2-3-7-5/h2-3,5,7H,1H3. The Morgan fingerprint density at radius 3 is 2.90 bits per heavy atom. The van der Waals surface area contributed by atoms with Crippen LogP contribution in [0.2, 0.25) is 0 Å². The molecular weight excluding hydrogens is 134 g/mol. The van der Waals surface area contributed by atoms with Crippen LogP contribution < -0.4 is 5.32 Å². The molecule has 4 heteroatoms. The van der Waals surface area contributed by atoms with Crippen LogP contribution in [-0.2, 0) is 14.3 Å². The van der Waals surface area contributed by atoms with Gasteiger partial charge in [0.25, 0.3) is 0 Å². The molecule has 0 saturated heterocycles. The van der Waals surface area contributed by atoms with Crippen molar-refractivity contribution in [2.24, 2.45) is 0 Å². The maximum atomic E-state index is 10.7. The zero-order valence-corrected chi connectivity index (χ0v) is 5.46. The van der Waals surface area contributed by atoms with Gasteiger partial charge in [-0.1, -0.05) is 0 Å². The average molecular weight is 141 g/mol. The van der Waals surface area contributed by atoms with Crippen molar-refractivity contribution in [2.45, 2.75) is 6.04 Å². The van der Waals surface area contributed by atoms with E-state index in [1.54, 1.807) is 0 Å². The van der Waals surface area contributed by atoms with E-state index >= 15 is 0 Å². The molecule has 10 heavy (non-hydrogen) atoms. The minimum absolute atomic E-state index is 0.258. The first-order chi connectivity index (χ1) is 4.75. The van der Waals surface area contributed by atoms with Crippen LogP contribution in [0.15, 0.2) is 12.3 Å². The molecule has 1 aliphatic heterocycles. The van der Waals surface area contributed by atoms with Crippen molar-refractivity contribution in [2.75, 3.05) is 7.11 Å². The van der Waals surface area contributed by atoms with Crippen LogP contribution in [0, 0.1) is 0 Å². The zero-order valence-electron chi connectivity index (χ0n) is 5.46. The van der Waals surface area contributed by atoms with Crippen LogP contribution in [0.4, 0.5) is 0 Å². The number of ether oxygens (including phenoxy) is 1. The quantitative estimate of drug-likeness (QED) is 0.384. The normalized spacial score (nSPS) is 22.5. The third kappa shape index (κ3) is 1.00. The van der Waals surface area contributed by atoms with Crippen molar-refractivity contribution < 1.29 is 14.3 Å². The maximum Gasteiger partial charge on any atom is 0.336 e. The van der Waals surface area contributed by atoms with E-state index in [2.05, 4.69) is 10.1 Å². The summed E-state index contributed by atoms with van der Waals surface area (Å²) in [4.78, 5) is 21.4. The van der Waals surface area contributed by atoms with Gasteiger partial charge in [-0.2, -0.15) is 0 Å². The lowest BCUT2D eigenvalue weighted by molar-refractivity contribution is -0.144. The van der Waals surface area contributed by atoms with Crippen molar-refractivity contribution in [1.29, 1.82) is 0 Å². The highest BCUT2D eigenvalue weighted by molar-refractivity contribution is 6.10. The van der Waals surface area contributed by atoms with Gasteiger partial charge in [0.05, 0.1) is 7.11 Å². The highest BCUT2D eigenvalue weighted by Gasteiger charge is 2.27. The van der Waals surface area contributed by atoms with Gasteiger partial charge < -0.3 is 10.1 Å². The fourth-order valence-corrected chi connectivity index (χ4v) is 0.707. The van der Waals surface area contributed by atoms with Gasteiger partial charge in [0, 0.05) is 6.20 Å². The van der Waals surface area contributed by atoms with Gasteiger partial charge in [-0.15, -0.1) is 0 Å². The molecule has 0 amide bonds. The van der Waals surface area contributed by atoms with Crippen LogP contribution in [0.3, 0.4) is 0 Å². The number of rotatable bonds is 1. The van der Waals surface area contributed by atoms with Crippen LogP contribution >= 0.6 is 0 Å². The molecule has 0 aromatic carbocycles. The Kier molecular flexibility index (Phi) is 1.71. The molecule has 0 fully saturated rings. The van der Waals surface area contributed by atoms with E-state index in [0.717, 1.165) is 0 Å². The third-order valence-electron chi connectivity index (χ3n) is 1.23. The van der Waals surface area contributed by atoms with Crippen molar-refractivity contribution in [1.82, 2.24) is 5.32 Å². The molecule has 1 heterocycles. The largest absolute Gasteiger partial charge is 0.467 e. The Morgan fingerprint density at radius 2 is 2.50 bits per heavy atom. The molecule has 0 aromatic rings. The summed E-state index contributed by atoms with van der Waals surface area (Å²) in [7, 11) is 1.25. The van der Waals surface area contributed by atoms with Crippen molar-refractivity contribution >= 4 is 11.8 Å². The van der Waals surface area contributed by atoms with Gasteiger partial charge in [-0.05, 0) is 6.08 Å². The fourth-order valence-electron chi connectivity index (χ4n) is 0.707. The van der Waals surface area contributed by atoms with Gasteiger partial charge in [-0.3, -0.25) is 4.79 Å². The van der Waals surface area contributed by atoms with Gasteiger partial charge in [0.15, 0.2) is 11.8 Å². The van der Waals surface area contributed by atoms with Gasteiger partial charge in [0.1, 0.15) is 0 Å². The van der Waals surface area contributed by atoms with Crippen molar-refractivity contribution in [3.8, 4) is 0 Å². The lowest BCUT2D eigenvalue weighted by Gasteiger charge is -2.04. The molecule has 4 nitrogen and oxygen atoms in total. The summed E-state index contributed by atoms with van der Waals surface area (Å²) in [6.45, 7) is 0. The molecule has 54 valence electrons. The van der Waals surface area contributed by atoms with E-state index in [1.807, 2.05) is 0 Å². The van der Waals surface area contributed by atoms with Gasteiger partial charge in [0.2, 0.25) is 0 Å². The molecule has 1 aliphatic rings. The van der Waals surface area contributed by atoms with Gasteiger partial charge >= 0.3 is 5.97 Å². The topological polar surface area (TPSA) is 55.4 Å². The molecule has 0 aromatic heterocycles. The predicted octanol–water partition coefficient (Wildman–Crippen LogP) is -0.786. The van der Waals surface area contributed by atoms with E-state index in [9.17, 15) is 9.59 Å². The number of ketones is 1. The van der Waals surface area contributed by atoms with E-state index < -0.39 is 12.0 Å². The van der Waals surface area contributed by atoms with Crippen LogP contribution in [0.1, 0.15) is 0 Å². The molecule has 0 radical (unpaired) electrons. The number of methoxy groups -OCH3 is 1. The predicted molar refractivity (Wildman–Crippen MR) is 33.1 cm³/mol. The SMILES string of the molecule is COC(=O)C1NC=CC1=O. The smallest absolute Gasteiger partial charge is 0.336 e. The summed E-state index contributed by atoms with van der Waals surface area (Å²) in [6, 6.07) is -0.815. The molecule has 0 spiro atoms. The second-order valence-electron chi connectivity index (χ2n) is 1.86. The Balaban J connectivity index is 2.59. The Labute approximate surface area is 57.9 Å². The summed E-state index contributed by atoms with van der Waals surface area (Å²) in [5, 5.41) is 2.55. The monoisotopic (exact) mass is 141 g/mol. The minimum Gasteiger partial charge on any atom is -0.467 e. The number of nitrogens with one attached hydrogen (secondary N) is 1. The fraction of sp³-hybridized carbons (Fsp3) is 0.333. The number of carbonyl (C=O) groups is 2. The van der Waals surface area contributed by atoms with E-state index in [-0.39, 0.29) is 5.78 Å². The number of carbonyl (C=O) groups excluding carboxylic acids is 2. The Morgan fingerprint density at radius 1 is 1.80 bits per heavy atom. The summed E-state index contributed by atoms with van der Waals surface area (Å²) < 4.78 is 4.34. The Hall–Kier alpha value is -1.32. The van der Waals surface area contributed by atoms with E-state index in [1.165, 1.54) is 19.4 Å². The maximum absolute atomic E-state index is 10.7. The van der Waals surface area contributed by atoms with Crippen molar-refractivity contribution in [3.05, 3.63) is 12.3 Å². The zero-order chi connectivity index (χ0) is 7.56. The number of hydrogen-bond acceptors (Lipinski definition) is 4. The molecule has 1 atom stereocenters. The third-order valence-corrected chi connectivity index (χ3v) is 1.23. The second kappa shape index (κ2) is 2.51. The van der Waals surface area contributed by atoms with Crippen molar-refractivity contribution in [3.63, 3.8) is 0 Å². The summed E-state index contributed by atoms with van der Waals surface area (Å²) >= 11 is 0. The lowest BCUT2D eigenvalue weighted by atomic mass is 10.2. The highest BCUT2D eigenvalue weighted by Crippen LogP contribution is 1.97. The average Bonchev–Trinajstić information content (AvgIpc) is 2.34. The molecule has 0 saturated carbocycles. The van der Waals surface area contributed by atoms with E-state index in [4.69, 9.17) is 0 Å². The first-order valence-corrected chi connectivity index (χ1v) is 2.80. The van der Waals surface area contributed by atoms with E-state index in [0.29, 0.717) is 0 Å². The molecular formula is C6H7NO3. The van der Waals surface area contributed by atoms with Crippen LogP contribution in [0.25, 0.3) is 0 Å². The number of esters is 1.